The summed E-state index contributed by atoms with van der Waals surface area (Å²) in [5.74, 6) is -0.400. The van der Waals surface area contributed by atoms with Crippen molar-refractivity contribution >= 4 is 29.2 Å². The van der Waals surface area contributed by atoms with E-state index in [4.69, 9.17) is 11.6 Å². The van der Waals surface area contributed by atoms with Crippen LogP contribution in [0.15, 0.2) is 16.8 Å². The number of aryl methyl sites for hydroxylation is 1. The highest BCUT2D eigenvalue weighted by molar-refractivity contribution is 6.33. The van der Waals surface area contributed by atoms with E-state index in [1.807, 2.05) is 0 Å². The summed E-state index contributed by atoms with van der Waals surface area (Å²) in [5, 5.41) is 16.2. The summed E-state index contributed by atoms with van der Waals surface area (Å²) in [6, 6.07) is 0.874. The molecule has 98 valence electrons. The zero-order valence-corrected chi connectivity index (χ0v) is 10.2. The highest BCUT2D eigenvalue weighted by atomic mass is 35.5. The Morgan fingerprint density at radius 1 is 1.58 bits per heavy atom. The third kappa shape index (κ3) is 2.83. The molecule has 0 saturated carbocycles. The first-order valence-corrected chi connectivity index (χ1v) is 5.27. The van der Waals surface area contributed by atoms with Crippen molar-refractivity contribution in [2.24, 2.45) is 0 Å². The molecule has 0 fully saturated rings. The van der Waals surface area contributed by atoms with Gasteiger partial charge in [0.05, 0.1) is 10.5 Å². The van der Waals surface area contributed by atoms with Crippen LogP contribution in [-0.2, 0) is 0 Å². The van der Waals surface area contributed by atoms with E-state index in [2.05, 4.69) is 25.0 Å². The molecule has 0 radical (unpaired) electrons. The third-order valence-electron chi connectivity index (χ3n) is 2.03. The van der Waals surface area contributed by atoms with Crippen LogP contribution >= 0.6 is 11.6 Å². The average molecular weight is 284 g/mol. The lowest BCUT2D eigenvalue weighted by molar-refractivity contribution is -0.385. The Bertz CT molecular complexity index is 656. The lowest BCUT2D eigenvalue weighted by Gasteiger charge is -2.01. The molecular weight excluding hydrogens is 278 g/mol. The normalized spacial score (nSPS) is 10.2. The van der Waals surface area contributed by atoms with Gasteiger partial charge in [0.1, 0.15) is 11.3 Å². The zero-order chi connectivity index (χ0) is 14.0. The standard InChI is InChI=1S/C9H6ClN5O4/c1-4-12-9(19-14-4)13-8(16)6-2-5(15(17)18)3-11-7(6)10/h2-3H,1H3,(H,12,13,14,16). The summed E-state index contributed by atoms with van der Waals surface area (Å²) in [5.41, 5.74) is -0.511. The van der Waals surface area contributed by atoms with Gasteiger partial charge in [-0.3, -0.25) is 20.2 Å². The van der Waals surface area contributed by atoms with Crippen molar-refractivity contribution in [1.29, 1.82) is 0 Å². The molecule has 0 aliphatic heterocycles. The fraction of sp³-hybridized carbons (Fsp3) is 0.111. The number of halogens is 1. The van der Waals surface area contributed by atoms with Crippen molar-refractivity contribution in [2.75, 3.05) is 5.32 Å². The Labute approximate surface area is 110 Å². The maximum absolute atomic E-state index is 11.8. The van der Waals surface area contributed by atoms with Gasteiger partial charge >= 0.3 is 6.01 Å². The Morgan fingerprint density at radius 2 is 2.32 bits per heavy atom. The van der Waals surface area contributed by atoms with E-state index in [-0.39, 0.29) is 22.4 Å². The minimum absolute atomic E-state index is 0.134. The highest BCUT2D eigenvalue weighted by Crippen LogP contribution is 2.20. The summed E-state index contributed by atoms with van der Waals surface area (Å²) < 4.78 is 4.68. The van der Waals surface area contributed by atoms with Gasteiger partial charge in [-0.2, -0.15) is 4.98 Å². The van der Waals surface area contributed by atoms with Crippen molar-refractivity contribution in [3.8, 4) is 0 Å². The van der Waals surface area contributed by atoms with Gasteiger partial charge in [0.15, 0.2) is 5.82 Å². The molecule has 0 unspecified atom stereocenters. The predicted octanol–water partition coefficient (Wildman–Crippen LogP) is 1.59. The molecule has 0 atom stereocenters. The molecule has 0 aliphatic rings. The molecule has 0 aliphatic carbocycles. The van der Waals surface area contributed by atoms with Gasteiger partial charge in [0, 0.05) is 6.07 Å². The number of carbonyl (C=O) groups excluding carboxylic acids is 1. The van der Waals surface area contributed by atoms with Crippen LogP contribution in [0.5, 0.6) is 0 Å². The lowest BCUT2D eigenvalue weighted by Crippen LogP contribution is -2.13. The second kappa shape index (κ2) is 4.98. The van der Waals surface area contributed by atoms with Crippen LogP contribution in [0, 0.1) is 17.0 Å². The summed E-state index contributed by atoms with van der Waals surface area (Å²) in [7, 11) is 0. The van der Waals surface area contributed by atoms with Gasteiger partial charge in [-0.25, -0.2) is 4.98 Å². The molecule has 1 N–H and O–H groups in total. The molecule has 9 nitrogen and oxygen atoms in total. The fourth-order valence-corrected chi connectivity index (χ4v) is 1.40. The minimum Gasteiger partial charge on any atom is -0.315 e. The molecular formula is C9H6ClN5O4. The minimum atomic E-state index is -0.732. The molecule has 2 rings (SSSR count). The maximum atomic E-state index is 11.8. The Kier molecular flexibility index (Phi) is 3.38. The van der Waals surface area contributed by atoms with E-state index in [0.717, 1.165) is 12.3 Å². The van der Waals surface area contributed by atoms with Crippen LogP contribution in [0.1, 0.15) is 16.2 Å². The van der Waals surface area contributed by atoms with Gasteiger partial charge < -0.3 is 4.52 Å². The molecule has 0 spiro atoms. The number of hydrogen-bond acceptors (Lipinski definition) is 7. The van der Waals surface area contributed by atoms with Crippen LogP contribution in [0.25, 0.3) is 0 Å². The molecule has 0 bridgehead atoms. The number of aromatic nitrogens is 3. The fourth-order valence-electron chi connectivity index (χ4n) is 1.21. The summed E-state index contributed by atoms with van der Waals surface area (Å²) in [6.45, 7) is 1.57. The van der Waals surface area contributed by atoms with Crippen LogP contribution in [0.4, 0.5) is 11.7 Å². The number of carbonyl (C=O) groups is 1. The van der Waals surface area contributed by atoms with Gasteiger partial charge in [-0.1, -0.05) is 16.8 Å². The largest absolute Gasteiger partial charge is 0.328 e. The SMILES string of the molecule is Cc1noc(NC(=O)c2cc([N+](=O)[O-])cnc2Cl)n1. The number of nitrogens with one attached hydrogen (secondary N) is 1. The number of amides is 1. The predicted molar refractivity (Wildman–Crippen MR) is 62.9 cm³/mol. The van der Waals surface area contributed by atoms with Crippen LogP contribution in [0.2, 0.25) is 5.15 Å². The molecule has 19 heavy (non-hydrogen) atoms. The summed E-state index contributed by atoms with van der Waals surface area (Å²) in [4.78, 5) is 29.1. The molecule has 2 heterocycles. The quantitative estimate of drug-likeness (QED) is 0.515. The second-order valence-corrected chi connectivity index (χ2v) is 3.75. The molecule has 0 aromatic carbocycles. The van der Waals surface area contributed by atoms with E-state index < -0.39 is 10.8 Å². The Morgan fingerprint density at radius 3 is 2.89 bits per heavy atom. The van der Waals surface area contributed by atoms with E-state index in [0.29, 0.717) is 5.82 Å². The van der Waals surface area contributed by atoms with Gasteiger partial charge in [-0.15, -0.1) is 0 Å². The van der Waals surface area contributed by atoms with E-state index in [9.17, 15) is 14.9 Å². The van der Waals surface area contributed by atoms with E-state index in [1.165, 1.54) is 0 Å². The van der Waals surface area contributed by atoms with Crippen molar-refractivity contribution in [2.45, 2.75) is 6.92 Å². The van der Waals surface area contributed by atoms with Gasteiger partial charge in [0.25, 0.3) is 11.6 Å². The third-order valence-corrected chi connectivity index (χ3v) is 2.33. The highest BCUT2D eigenvalue weighted by Gasteiger charge is 2.18. The van der Waals surface area contributed by atoms with Crippen LogP contribution in [-0.4, -0.2) is 26.0 Å². The number of hydrogen-bond donors (Lipinski definition) is 1. The van der Waals surface area contributed by atoms with Gasteiger partial charge in [-0.05, 0) is 6.92 Å². The number of nitro groups is 1. The average Bonchev–Trinajstić information content (AvgIpc) is 2.74. The second-order valence-electron chi connectivity index (χ2n) is 3.39. The topological polar surface area (TPSA) is 124 Å². The first-order valence-electron chi connectivity index (χ1n) is 4.89. The molecule has 1 amide bonds. The van der Waals surface area contributed by atoms with Crippen molar-refractivity contribution < 1.29 is 14.2 Å². The lowest BCUT2D eigenvalue weighted by atomic mass is 10.2. The molecule has 2 aromatic rings. The molecule has 10 heteroatoms. The monoisotopic (exact) mass is 283 g/mol. The summed E-state index contributed by atoms with van der Waals surface area (Å²) in [6.07, 6.45) is 0.954. The first-order chi connectivity index (χ1) is 8.97. The van der Waals surface area contributed by atoms with Crippen molar-refractivity contribution in [1.82, 2.24) is 15.1 Å². The number of anilines is 1. The summed E-state index contributed by atoms with van der Waals surface area (Å²) >= 11 is 5.71. The van der Waals surface area contributed by atoms with Gasteiger partial charge in [0.2, 0.25) is 0 Å². The van der Waals surface area contributed by atoms with Crippen LogP contribution in [0.3, 0.4) is 0 Å². The van der Waals surface area contributed by atoms with E-state index >= 15 is 0 Å². The van der Waals surface area contributed by atoms with Crippen molar-refractivity contribution in [3.05, 3.63) is 38.9 Å². The maximum Gasteiger partial charge on any atom is 0.328 e. The number of nitrogens with zero attached hydrogens (tertiary/aromatic N) is 4. The zero-order valence-electron chi connectivity index (χ0n) is 9.45. The van der Waals surface area contributed by atoms with Crippen LogP contribution < -0.4 is 5.32 Å². The number of rotatable bonds is 3. The Balaban J connectivity index is 2.27. The van der Waals surface area contributed by atoms with E-state index in [1.54, 1.807) is 6.92 Å². The first kappa shape index (κ1) is 12.9. The smallest absolute Gasteiger partial charge is 0.315 e. The number of pyridine rings is 1. The Hall–Kier alpha value is -2.55. The molecule has 0 saturated heterocycles. The van der Waals surface area contributed by atoms with Crippen molar-refractivity contribution in [3.63, 3.8) is 0 Å². The molecule has 2 aromatic heterocycles.